The van der Waals surface area contributed by atoms with Gasteiger partial charge in [0.1, 0.15) is 18.4 Å². The maximum Gasteiger partial charge on any atom is 0.244 e. The van der Waals surface area contributed by atoms with Crippen molar-refractivity contribution >= 4 is 62.3 Å². The molecule has 230 valence electrons. The number of amides is 2. The Bertz CT molecular complexity index is 1530. The standard InChI is InChI=1S/C31H33Cl3FN3O4S/c1-43(41,42)38(23-15-16-28(35)27(34)18-23)20-30(39)37(19-24-25(32)13-8-14-26(24)33)29(17-21-9-4-2-5-10-21)31(40)36-22-11-6-3-7-12-22/h2,4-5,8-10,13-16,18,22,29H,3,6-7,11-12,17,19-20H2,1H3,(H,36,40)/t29-/m1/s1. The van der Waals surface area contributed by atoms with Crippen LogP contribution in [0.25, 0.3) is 0 Å². The molecule has 3 aromatic carbocycles. The zero-order chi connectivity index (χ0) is 31.1. The average Bonchev–Trinajstić information content (AvgIpc) is 2.97. The largest absolute Gasteiger partial charge is 0.352 e. The maximum absolute atomic E-state index is 14.2. The van der Waals surface area contributed by atoms with Gasteiger partial charge in [-0.25, -0.2) is 12.8 Å². The van der Waals surface area contributed by atoms with Crippen molar-refractivity contribution in [3.8, 4) is 0 Å². The Morgan fingerprint density at radius 2 is 1.58 bits per heavy atom. The van der Waals surface area contributed by atoms with Gasteiger partial charge in [0.15, 0.2) is 0 Å². The number of rotatable bonds is 11. The summed E-state index contributed by atoms with van der Waals surface area (Å²) in [6.45, 7) is -0.834. The summed E-state index contributed by atoms with van der Waals surface area (Å²) in [5.41, 5.74) is 1.22. The molecule has 0 unspecified atom stereocenters. The number of nitrogens with one attached hydrogen (secondary N) is 1. The molecule has 1 saturated carbocycles. The van der Waals surface area contributed by atoms with Crippen molar-refractivity contribution in [2.24, 2.45) is 0 Å². The molecule has 1 aliphatic rings. The van der Waals surface area contributed by atoms with Gasteiger partial charge in [0.25, 0.3) is 0 Å². The van der Waals surface area contributed by atoms with Crippen molar-refractivity contribution in [2.75, 3.05) is 17.1 Å². The molecule has 0 aliphatic heterocycles. The smallest absolute Gasteiger partial charge is 0.244 e. The van der Waals surface area contributed by atoms with Gasteiger partial charge >= 0.3 is 0 Å². The summed E-state index contributed by atoms with van der Waals surface area (Å²) in [6, 6.07) is 16.5. The predicted octanol–water partition coefficient (Wildman–Crippen LogP) is 6.64. The Balaban J connectivity index is 1.76. The molecule has 7 nitrogen and oxygen atoms in total. The van der Waals surface area contributed by atoms with E-state index in [0.717, 1.165) is 60.4 Å². The van der Waals surface area contributed by atoms with Crippen LogP contribution in [-0.2, 0) is 32.6 Å². The Morgan fingerprint density at radius 3 is 2.19 bits per heavy atom. The summed E-state index contributed by atoms with van der Waals surface area (Å²) in [5.74, 6) is -1.77. The summed E-state index contributed by atoms with van der Waals surface area (Å²) in [7, 11) is -4.04. The quantitative estimate of drug-likeness (QED) is 0.248. The fraction of sp³-hybridized carbons (Fsp3) is 0.355. The number of halogens is 4. The van der Waals surface area contributed by atoms with Crippen LogP contribution >= 0.6 is 34.8 Å². The van der Waals surface area contributed by atoms with Gasteiger partial charge in [0, 0.05) is 34.6 Å². The second-order valence-electron chi connectivity index (χ2n) is 10.6. The molecule has 2 amide bonds. The van der Waals surface area contributed by atoms with Crippen LogP contribution < -0.4 is 9.62 Å². The Labute approximate surface area is 267 Å². The molecule has 1 N–H and O–H groups in total. The van der Waals surface area contributed by atoms with E-state index in [2.05, 4.69) is 5.32 Å². The molecule has 3 aromatic rings. The fourth-order valence-electron chi connectivity index (χ4n) is 5.21. The number of hydrogen-bond acceptors (Lipinski definition) is 4. The van der Waals surface area contributed by atoms with E-state index in [-0.39, 0.29) is 35.6 Å². The minimum Gasteiger partial charge on any atom is -0.352 e. The van der Waals surface area contributed by atoms with Crippen LogP contribution in [0.15, 0.2) is 66.7 Å². The van der Waals surface area contributed by atoms with Gasteiger partial charge in [-0.1, -0.05) is 90.5 Å². The van der Waals surface area contributed by atoms with E-state index >= 15 is 0 Å². The van der Waals surface area contributed by atoms with Crippen LogP contribution in [0.5, 0.6) is 0 Å². The maximum atomic E-state index is 14.2. The van der Waals surface area contributed by atoms with Crippen LogP contribution in [0.4, 0.5) is 10.1 Å². The predicted molar refractivity (Wildman–Crippen MR) is 170 cm³/mol. The molecular formula is C31H33Cl3FN3O4S. The molecule has 0 radical (unpaired) electrons. The number of nitrogens with zero attached hydrogens (tertiary/aromatic N) is 2. The lowest BCUT2D eigenvalue weighted by molar-refractivity contribution is -0.140. The van der Waals surface area contributed by atoms with Crippen LogP contribution in [0.2, 0.25) is 15.1 Å². The number of sulfonamides is 1. The second kappa shape index (κ2) is 14.8. The highest BCUT2D eigenvalue weighted by molar-refractivity contribution is 7.92. The zero-order valence-corrected chi connectivity index (χ0v) is 26.7. The van der Waals surface area contributed by atoms with E-state index in [1.807, 2.05) is 30.3 Å². The molecule has 43 heavy (non-hydrogen) atoms. The first-order valence-corrected chi connectivity index (χ1v) is 16.9. The number of benzene rings is 3. The average molecular weight is 669 g/mol. The molecule has 1 aliphatic carbocycles. The molecule has 1 atom stereocenters. The van der Waals surface area contributed by atoms with Gasteiger partial charge in [-0.05, 0) is 48.7 Å². The van der Waals surface area contributed by atoms with Crippen molar-refractivity contribution in [2.45, 2.75) is 57.2 Å². The lowest BCUT2D eigenvalue weighted by atomic mass is 9.94. The van der Waals surface area contributed by atoms with Crippen molar-refractivity contribution in [1.82, 2.24) is 10.2 Å². The topological polar surface area (TPSA) is 86.8 Å². The van der Waals surface area contributed by atoms with E-state index in [1.54, 1.807) is 18.2 Å². The number of carbonyl (C=O) groups excluding carboxylic acids is 2. The monoisotopic (exact) mass is 667 g/mol. The molecule has 0 spiro atoms. The van der Waals surface area contributed by atoms with E-state index in [0.29, 0.717) is 15.6 Å². The highest BCUT2D eigenvalue weighted by Gasteiger charge is 2.35. The highest BCUT2D eigenvalue weighted by Crippen LogP contribution is 2.29. The van der Waals surface area contributed by atoms with Crippen LogP contribution in [0.1, 0.15) is 43.2 Å². The Morgan fingerprint density at radius 1 is 0.930 bits per heavy atom. The third kappa shape index (κ3) is 8.85. The van der Waals surface area contributed by atoms with Crippen molar-refractivity contribution in [3.05, 3.63) is 98.7 Å². The lowest BCUT2D eigenvalue weighted by Gasteiger charge is -2.35. The summed E-state index contributed by atoms with van der Waals surface area (Å²) < 4.78 is 40.6. The van der Waals surface area contributed by atoms with Crippen molar-refractivity contribution in [3.63, 3.8) is 0 Å². The van der Waals surface area contributed by atoms with Gasteiger partial charge in [0.2, 0.25) is 21.8 Å². The van der Waals surface area contributed by atoms with E-state index < -0.39 is 34.3 Å². The molecule has 0 heterocycles. The second-order valence-corrected chi connectivity index (χ2v) is 13.8. The van der Waals surface area contributed by atoms with Gasteiger partial charge in [-0.3, -0.25) is 13.9 Å². The first kappa shape index (κ1) is 33.1. The summed E-state index contributed by atoms with van der Waals surface area (Å²) in [4.78, 5) is 29.5. The lowest BCUT2D eigenvalue weighted by Crippen LogP contribution is -2.55. The van der Waals surface area contributed by atoms with Crippen molar-refractivity contribution < 1.29 is 22.4 Å². The Hall–Kier alpha value is -2.85. The summed E-state index contributed by atoms with van der Waals surface area (Å²) >= 11 is 19.0. The third-order valence-corrected chi connectivity index (χ3v) is 9.62. The first-order valence-electron chi connectivity index (χ1n) is 13.9. The van der Waals surface area contributed by atoms with Crippen molar-refractivity contribution in [1.29, 1.82) is 0 Å². The Kier molecular flexibility index (Phi) is 11.3. The normalized spacial score (nSPS) is 14.6. The van der Waals surface area contributed by atoms with E-state index in [4.69, 9.17) is 34.8 Å². The molecule has 12 heteroatoms. The first-order chi connectivity index (χ1) is 20.4. The van der Waals surface area contributed by atoms with Crippen LogP contribution in [0.3, 0.4) is 0 Å². The molecule has 0 bridgehead atoms. The summed E-state index contributed by atoms with van der Waals surface area (Å²) in [5, 5.41) is 3.42. The van der Waals surface area contributed by atoms with Gasteiger partial charge in [0.05, 0.1) is 17.0 Å². The molecule has 0 aromatic heterocycles. The molecule has 0 saturated heterocycles. The minimum absolute atomic E-state index is 0.00393. The highest BCUT2D eigenvalue weighted by atomic mass is 35.5. The number of hydrogen-bond donors (Lipinski definition) is 1. The molecule has 1 fully saturated rings. The van der Waals surface area contributed by atoms with Gasteiger partial charge in [-0.15, -0.1) is 0 Å². The minimum atomic E-state index is -4.04. The molecule has 4 rings (SSSR count). The number of anilines is 1. The SMILES string of the molecule is CS(=O)(=O)N(CC(=O)N(Cc1c(Cl)cccc1Cl)[C@H](Cc1ccccc1)C(=O)NC1CCCCC1)c1ccc(F)c(Cl)c1. The van der Waals surface area contributed by atoms with Gasteiger partial charge in [-0.2, -0.15) is 0 Å². The third-order valence-electron chi connectivity index (χ3n) is 7.48. The van der Waals surface area contributed by atoms with E-state index in [9.17, 15) is 22.4 Å². The van der Waals surface area contributed by atoms with Crippen LogP contribution in [0, 0.1) is 5.82 Å². The summed E-state index contributed by atoms with van der Waals surface area (Å²) in [6.07, 6.45) is 5.86. The number of carbonyl (C=O) groups is 2. The zero-order valence-electron chi connectivity index (χ0n) is 23.6. The van der Waals surface area contributed by atoms with Crippen LogP contribution in [-0.4, -0.2) is 50.0 Å². The van der Waals surface area contributed by atoms with Gasteiger partial charge < -0.3 is 10.2 Å². The van der Waals surface area contributed by atoms with E-state index in [1.165, 1.54) is 11.0 Å². The molecular weight excluding hydrogens is 636 g/mol. The fourth-order valence-corrected chi connectivity index (χ4v) is 6.74.